The van der Waals surface area contributed by atoms with E-state index in [1.54, 1.807) is 5.57 Å². The molecule has 1 aliphatic rings. The van der Waals surface area contributed by atoms with Crippen molar-refractivity contribution < 1.29 is 0 Å². The van der Waals surface area contributed by atoms with Crippen LogP contribution in [-0.2, 0) is 0 Å². The summed E-state index contributed by atoms with van der Waals surface area (Å²) in [5.74, 6) is 1.03. The molecule has 1 aliphatic heterocycles. The molecule has 1 aromatic rings. The fraction of sp³-hybridized carbons (Fsp3) is 0.500. The molecule has 0 N–H and O–H groups in total. The normalized spacial score (nSPS) is 16.7. The molecular weight excluding hydrogens is 356 g/mol. The Labute approximate surface area is 126 Å². The van der Waals surface area contributed by atoms with E-state index in [1.165, 1.54) is 0 Å². The highest BCUT2D eigenvalue weighted by molar-refractivity contribution is 9.11. The first-order valence-corrected chi connectivity index (χ1v) is 7.72. The minimum Gasteiger partial charge on any atom is -0.352 e. The number of halogens is 2. The molecule has 2 heterocycles. The highest BCUT2D eigenvalue weighted by Crippen LogP contribution is 2.33. The lowest BCUT2D eigenvalue weighted by Crippen LogP contribution is -2.32. The second kappa shape index (κ2) is 5.33. The summed E-state index contributed by atoms with van der Waals surface area (Å²) in [5, 5.41) is 0. The zero-order valence-corrected chi connectivity index (χ0v) is 14.2. The molecule has 0 saturated heterocycles. The topological polar surface area (TPSA) is 16.1 Å². The third-order valence-electron chi connectivity index (χ3n) is 3.26. The zero-order valence-electron chi connectivity index (χ0n) is 11.0. The van der Waals surface area contributed by atoms with Crippen LogP contribution in [0.25, 0.3) is 0 Å². The fourth-order valence-electron chi connectivity index (χ4n) is 2.18. The number of anilines is 1. The third-order valence-corrected chi connectivity index (χ3v) is 4.28. The van der Waals surface area contributed by atoms with Crippen molar-refractivity contribution in [2.45, 2.75) is 27.2 Å². The van der Waals surface area contributed by atoms with Gasteiger partial charge in [0.15, 0.2) is 0 Å². The number of hydrogen-bond acceptors (Lipinski definition) is 2. The summed E-state index contributed by atoms with van der Waals surface area (Å²) in [5.41, 5.74) is 1.84. The first-order chi connectivity index (χ1) is 8.38. The Hall–Kier alpha value is -0.350. The van der Waals surface area contributed by atoms with Gasteiger partial charge in [-0.2, -0.15) is 0 Å². The lowest BCUT2D eigenvalue weighted by molar-refractivity contribution is 0.472. The highest BCUT2D eigenvalue weighted by atomic mass is 79.9. The predicted molar refractivity (Wildman–Crippen MR) is 84.0 cm³/mol. The number of hydrogen-bond donors (Lipinski definition) is 0. The van der Waals surface area contributed by atoms with Crippen molar-refractivity contribution in [3.8, 4) is 0 Å². The molecule has 4 heteroatoms. The Balaban J connectivity index is 2.17. The summed E-state index contributed by atoms with van der Waals surface area (Å²) in [6.45, 7) is 8.82. The van der Waals surface area contributed by atoms with Gasteiger partial charge in [-0.1, -0.05) is 32.4 Å². The number of nitrogens with zero attached hydrogens (tertiary/aromatic N) is 2. The highest BCUT2D eigenvalue weighted by Gasteiger charge is 2.22. The van der Waals surface area contributed by atoms with Crippen molar-refractivity contribution >= 4 is 37.7 Å². The number of pyridine rings is 1. The Morgan fingerprint density at radius 1 is 1.28 bits per heavy atom. The number of rotatable bonds is 1. The number of aromatic nitrogens is 1. The van der Waals surface area contributed by atoms with Crippen molar-refractivity contribution in [3.63, 3.8) is 0 Å². The quantitative estimate of drug-likeness (QED) is 0.658. The van der Waals surface area contributed by atoms with Crippen LogP contribution in [0.5, 0.6) is 0 Å². The van der Waals surface area contributed by atoms with Crippen LogP contribution < -0.4 is 4.90 Å². The smallest absolute Gasteiger partial charge is 0.143 e. The molecule has 98 valence electrons. The molecule has 0 spiro atoms. The largest absolute Gasteiger partial charge is 0.352 e. The first kappa shape index (κ1) is 14.1. The van der Waals surface area contributed by atoms with Gasteiger partial charge < -0.3 is 4.90 Å². The lowest BCUT2D eigenvalue weighted by Gasteiger charge is -2.33. The van der Waals surface area contributed by atoms with E-state index in [1.807, 2.05) is 12.3 Å². The van der Waals surface area contributed by atoms with E-state index in [0.717, 1.165) is 34.3 Å². The molecule has 1 aromatic heterocycles. The summed E-state index contributed by atoms with van der Waals surface area (Å²) in [4.78, 5) is 6.80. The molecule has 2 nitrogen and oxygen atoms in total. The van der Waals surface area contributed by atoms with Gasteiger partial charge in [-0.05, 0) is 49.8 Å². The SMILES string of the molecule is CC(C)(C)C1=CCN(c2ncc(Br)cc2Br)CC1. The van der Waals surface area contributed by atoms with E-state index >= 15 is 0 Å². The van der Waals surface area contributed by atoms with Gasteiger partial charge >= 0.3 is 0 Å². The molecular formula is C14H18Br2N2. The lowest BCUT2D eigenvalue weighted by atomic mass is 9.83. The van der Waals surface area contributed by atoms with E-state index < -0.39 is 0 Å². The Morgan fingerprint density at radius 3 is 2.50 bits per heavy atom. The van der Waals surface area contributed by atoms with Gasteiger partial charge in [-0.25, -0.2) is 4.98 Å². The van der Waals surface area contributed by atoms with Crippen LogP contribution in [0.1, 0.15) is 27.2 Å². The van der Waals surface area contributed by atoms with Crippen LogP contribution in [0, 0.1) is 5.41 Å². The van der Waals surface area contributed by atoms with Crippen LogP contribution in [0.2, 0.25) is 0 Å². The summed E-state index contributed by atoms with van der Waals surface area (Å²) in [6, 6.07) is 2.05. The Bertz CT molecular complexity index is 475. The second-order valence-corrected chi connectivity index (χ2v) is 7.40. The minimum atomic E-state index is 0.288. The van der Waals surface area contributed by atoms with Gasteiger partial charge in [-0.3, -0.25) is 0 Å². The molecule has 0 saturated carbocycles. The molecule has 0 amide bonds. The molecule has 0 aromatic carbocycles. The molecule has 0 fully saturated rings. The molecule has 0 unspecified atom stereocenters. The summed E-state index contributed by atoms with van der Waals surface area (Å²) >= 11 is 7.02. The fourth-order valence-corrected chi connectivity index (χ4v) is 3.42. The van der Waals surface area contributed by atoms with Crippen LogP contribution in [0.3, 0.4) is 0 Å². The Morgan fingerprint density at radius 2 is 2.00 bits per heavy atom. The van der Waals surface area contributed by atoms with Crippen molar-refractivity contribution in [2.24, 2.45) is 5.41 Å². The maximum absolute atomic E-state index is 4.49. The zero-order chi connectivity index (χ0) is 13.3. The maximum atomic E-state index is 4.49. The summed E-state index contributed by atoms with van der Waals surface area (Å²) in [7, 11) is 0. The standard InChI is InChI=1S/C14H18Br2N2/c1-14(2,3)10-4-6-18(7-5-10)13-12(16)8-11(15)9-17-13/h4,8-9H,5-7H2,1-3H3. The van der Waals surface area contributed by atoms with E-state index in [4.69, 9.17) is 0 Å². The van der Waals surface area contributed by atoms with Crippen molar-refractivity contribution in [1.29, 1.82) is 0 Å². The first-order valence-electron chi connectivity index (χ1n) is 6.13. The predicted octanol–water partition coefficient (Wildman–Crippen LogP) is 4.79. The van der Waals surface area contributed by atoms with E-state index in [0.29, 0.717) is 0 Å². The van der Waals surface area contributed by atoms with Gasteiger partial charge in [0.25, 0.3) is 0 Å². The molecule has 18 heavy (non-hydrogen) atoms. The summed E-state index contributed by atoms with van der Waals surface area (Å²) < 4.78 is 2.05. The van der Waals surface area contributed by atoms with Gasteiger partial charge in [0, 0.05) is 23.8 Å². The minimum absolute atomic E-state index is 0.288. The molecule has 2 rings (SSSR count). The van der Waals surface area contributed by atoms with Gasteiger partial charge in [0.2, 0.25) is 0 Å². The average Bonchev–Trinajstić information content (AvgIpc) is 2.28. The monoisotopic (exact) mass is 372 g/mol. The second-order valence-electron chi connectivity index (χ2n) is 5.63. The van der Waals surface area contributed by atoms with E-state index in [9.17, 15) is 0 Å². The van der Waals surface area contributed by atoms with E-state index in [-0.39, 0.29) is 5.41 Å². The molecule has 0 aliphatic carbocycles. The van der Waals surface area contributed by atoms with Gasteiger partial charge in [0.1, 0.15) is 5.82 Å². The van der Waals surface area contributed by atoms with Crippen molar-refractivity contribution in [2.75, 3.05) is 18.0 Å². The Kier molecular flexibility index (Phi) is 4.17. The van der Waals surface area contributed by atoms with Crippen LogP contribution in [-0.4, -0.2) is 18.1 Å². The molecule has 0 bridgehead atoms. The molecule has 0 radical (unpaired) electrons. The third kappa shape index (κ3) is 3.15. The van der Waals surface area contributed by atoms with Crippen LogP contribution in [0.4, 0.5) is 5.82 Å². The van der Waals surface area contributed by atoms with Crippen molar-refractivity contribution in [1.82, 2.24) is 4.98 Å². The van der Waals surface area contributed by atoms with Gasteiger partial charge in [-0.15, -0.1) is 0 Å². The van der Waals surface area contributed by atoms with Gasteiger partial charge in [0.05, 0.1) is 4.47 Å². The van der Waals surface area contributed by atoms with Crippen molar-refractivity contribution in [3.05, 3.63) is 32.9 Å². The average molecular weight is 374 g/mol. The van der Waals surface area contributed by atoms with Crippen LogP contribution >= 0.6 is 31.9 Å². The van der Waals surface area contributed by atoms with E-state index in [2.05, 4.69) is 68.6 Å². The maximum Gasteiger partial charge on any atom is 0.143 e. The van der Waals surface area contributed by atoms with Crippen LogP contribution in [0.15, 0.2) is 32.9 Å². The molecule has 0 atom stereocenters. The summed E-state index contributed by atoms with van der Waals surface area (Å²) in [6.07, 6.45) is 5.32.